The first-order valence-corrected chi connectivity index (χ1v) is 8.22. The average molecular weight is 277 g/mol. The number of aryl methyl sites for hydroxylation is 1. The summed E-state index contributed by atoms with van der Waals surface area (Å²) >= 11 is 0. The van der Waals surface area contributed by atoms with E-state index in [0.29, 0.717) is 11.0 Å². The van der Waals surface area contributed by atoms with Gasteiger partial charge < -0.3 is 10.7 Å². The normalized spacial score (nSPS) is 18.1. The van der Waals surface area contributed by atoms with Crippen LogP contribution in [0.25, 0.3) is 11.0 Å². The lowest BCUT2D eigenvalue weighted by atomic mass is 10.3. The number of H-pyrrole nitrogens is 1. The fraction of sp³-hybridized carbons (Fsp3) is 0.500. The van der Waals surface area contributed by atoms with Crippen LogP contribution in [0.2, 0.25) is 0 Å². The molecule has 2 aromatic rings. The lowest BCUT2D eigenvalue weighted by molar-refractivity contribution is 0.667. The first-order chi connectivity index (χ1) is 9.22. The van der Waals surface area contributed by atoms with Crippen molar-refractivity contribution in [2.45, 2.75) is 37.4 Å². The predicted octanol–water partition coefficient (Wildman–Crippen LogP) is 2.38. The van der Waals surface area contributed by atoms with Gasteiger partial charge in [-0.15, -0.1) is 0 Å². The van der Waals surface area contributed by atoms with E-state index in [1.165, 1.54) is 12.8 Å². The fourth-order valence-corrected chi connectivity index (χ4v) is 4.30. The summed E-state index contributed by atoms with van der Waals surface area (Å²) in [6.07, 6.45) is 5.48. The third-order valence-electron chi connectivity index (χ3n) is 3.77. The Morgan fingerprint density at radius 1 is 1.37 bits per heavy atom. The van der Waals surface area contributed by atoms with Crippen LogP contribution in [-0.4, -0.2) is 25.2 Å². The van der Waals surface area contributed by atoms with Crippen molar-refractivity contribution in [2.24, 2.45) is 0 Å². The van der Waals surface area contributed by atoms with Crippen LogP contribution in [-0.2, 0) is 17.2 Å². The largest absolute Gasteiger partial charge is 0.399 e. The summed E-state index contributed by atoms with van der Waals surface area (Å²) < 4.78 is 12.1. The maximum absolute atomic E-state index is 12.1. The number of nitrogen functional groups attached to an aromatic ring is 1. The number of nitrogens with one attached hydrogen (secondary N) is 1. The SMILES string of the molecule is Nc1ccc2nc(CCS(=O)C3CCCC3)[nH]c2c1. The molecule has 1 unspecified atom stereocenters. The van der Waals surface area contributed by atoms with Gasteiger partial charge in [0.15, 0.2) is 0 Å². The van der Waals surface area contributed by atoms with Crippen molar-refractivity contribution in [1.82, 2.24) is 9.97 Å². The number of aromatic nitrogens is 2. The minimum Gasteiger partial charge on any atom is -0.399 e. The smallest absolute Gasteiger partial charge is 0.108 e. The molecule has 4 nitrogen and oxygen atoms in total. The van der Waals surface area contributed by atoms with Gasteiger partial charge in [0.05, 0.1) is 11.0 Å². The number of rotatable bonds is 4. The Bertz CT molecular complexity index is 602. The molecular formula is C14H19N3OS. The zero-order valence-electron chi connectivity index (χ0n) is 10.9. The first kappa shape index (κ1) is 12.7. The van der Waals surface area contributed by atoms with Gasteiger partial charge in [-0.25, -0.2) is 4.98 Å². The summed E-state index contributed by atoms with van der Waals surface area (Å²) in [5.41, 5.74) is 8.36. The van der Waals surface area contributed by atoms with Crippen molar-refractivity contribution in [2.75, 3.05) is 11.5 Å². The van der Waals surface area contributed by atoms with Crippen LogP contribution >= 0.6 is 0 Å². The van der Waals surface area contributed by atoms with Gasteiger partial charge in [-0.05, 0) is 31.0 Å². The highest BCUT2D eigenvalue weighted by Gasteiger charge is 2.21. The van der Waals surface area contributed by atoms with Gasteiger partial charge in [-0.2, -0.15) is 0 Å². The van der Waals surface area contributed by atoms with E-state index in [1.54, 1.807) is 0 Å². The minimum atomic E-state index is -0.707. The van der Waals surface area contributed by atoms with Gasteiger partial charge >= 0.3 is 0 Å². The van der Waals surface area contributed by atoms with E-state index in [-0.39, 0.29) is 0 Å². The van der Waals surface area contributed by atoms with Crippen LogP contribution in [0.5, 0.6) is 0 Å². The van der Waals surface area contributed by atoms with E-state index in [2.05, 4.69) is 9.97 Å². The third kappa shape index (κ3) is 2.81. The summed E-state index contributed by atoms with van der Waals surface area (Å²) in [7, 11) is -0.707. The number of aromatic amines is 1. The summed E-state index contributed by atoms with van der Waals surface area (Å²) in [6, 6.07) is 5.65. The molecule has 0 spiro atoms. The van der Waals surface area contributed by atoms with Crippen LogP contribution in [0.4, 0.5) is 5.69 Å². The van der Waals surface area contributed by atoms with Gasteiger partial charge in [0.1, 0.15) is 5.82 Å². The van der Waals surface area contributed by atoms with Crippen molar-refractivity contribution in [3.05, 3.63) is 24.0 Å². The van der Waals surface area contributed by atoms with Crippen LogP contribution in [0.15, 0.2) is 18.2 Å². The number of nitrogens with two attached hydrogens (primary N) is 1. The lowest BCUT2D eigenvalue weighted by Crippen LogP contribution is -2.15. The molecule has 0 radical (unpaired) electrons. The Hall–Kier alpha value is -1.36. The molecule has 1 aromatic carbocycles. The molecule has 19 heavy (non-hydrogen) atoms. The van der Waals surface area contributed by atoms with Crippen LogP contribution < -0.4 is 5.73 Å². The highest BCUT2D eigenvalue weighted by molar-refractivity contribution is 7.85. The monoisotopic (exact) mass is 277 g/mol. The molecule has 0 saturated heterocycles. The van der Waals surface area contributed by atoms with Gasteiger partial charge in [0.25, 0.3) is 0 Å². The maximum atomic E-state index is 12.1. The molecule has 1 aliphatic carbocycles. The molecule has 1 saturated carbocycles. The molecule has 0 bridgehead atoms. The molecule has 1 aliphatic rings. The number of hydrogen-bond acceptors (Lipinski definition) is 3. The number of anilines is 1. The maximum Gasteiger partial charge on any atom is 0.108 e. The minimum absolute atomic E-state index is 0.417. The lowest BCUT2D eigenvalue weighted by Gasteiger charge is -2.07. The van der Waals surface area contributed by atoms with Crippen LogP contribution in [0.3, 0.4) is 0 Å². The molecule has 1 heterocycles. The van der Waals surface area contributed by atoms with E-state index < -0.39 is 10.8 Å². The quantitative estimate of drug-likeness (QED) is 0.843. The highest BCUT2D eigenvalue weighted by Crippen LogP contribution is 2.23. The number of imidazole rings is 1. The molecule has 3 rings (SSSR count). The van der Waals surface area contributed by atoms with Crippen molar-refractivity contribution >= 4 is 27.5 Å². The third-order valence-corrected chi connectivity index (χ3v) is 5.59. The summed E-state index contributed by atoms with van der Waals surface area (Å²) in [5, 5.41) is 0.417. The van der Waals surface area contributed by atoms with Gasteiger partial charge in [0, 0.05) is 33.9 Å². The van der Waals surface area contributed by atoms with E-state index in [9.17, 15) is 4.21 Å². The molecule has 0 amide bonds. The van der Waals surface area contributed by atoms with Crippen LogP contribution in [0.1, 0.15) is 31.5 Å². The Morgan fingerprint density at radius 2 is 2.16 bits per heavy atom. The van der Waals surface area contributed by atoms with Crippen molar-refractivity contribution in [1.29, 1.82) is 0 Å². The van der Waals surface area contributed by atoms with E-state index >= 15 is 0 Å². The number of fused-ring (bicyclic) bond motifs is 1. The van der Waals surface area contributed by atoms with Crippen molar-refractivity contribution in [3.63, 3.8) is 0 Å². The Kier molecular flexibility index (Phi) is 3.55. The fourth-order valence-electron chi connectivity index (χ4n) is 2.71. The Balaban J connectivity index is 1.66. The molecule has 1 atom stereocenters. The van der Waals surface area contributed by atoms with E-state index in [4.69, 9.17) is 5.73 Å². The highest BCUT2D eigenvalue weighted by atomic mass is 32.2. The molecule has 5 heteroatoms. The van der Waals surface area contributed by atoms with Gasteiger partial charge in [-0.3, -0.25) is 4.21 Å². The molecule has 1 aromatic heterocycles. The predicted molar refractivity (Wildman–Crippen MR) is 79.5 cm³/mol. The number of nitrogens with zero attached hydrogens (tertiary/aromatic N) is 1. The zero-order valence-corrected chi connectivity index (χ0v) is 11.7. The zero-order chi connectivity index (χ0) is 13.2. The second-order valence-corrected chi connectivity index (χ2v) is 7.04. The molecule has 3 N–H and O–H groups in total. The first-order valence-electron chi connectivity index (χ1n) is 6.84. The van der Waals surface area contributed by atoms with Crippen LogP contribution in [0, 0.1) is 0 Å². The topological polar surface area (TPSA) is 71.8 Å². The molecule has 0 aliphatic heterocycles. The second kappa shape index (κ2) is 5.33. The molecule has 1 fully saturated rings. The van der Waals surface area contributed by atoms with E-state index in [0.717, 1.165) is 41.8 Å². The molecule has 102 valence electrons. The summed E-state index contributed by atoms with van der Waals surface area (Å²) in [5.74, 6) is 1.62. The van der Waals surface area contributed by atoms with Gasteiger partial charge in [0.2, 0.25) is 0 Å². The van der Waals surface area contributed by atoms with Gasteiger partial charge in [-0.1, -0.05) is 12.8 Å². The van der Waals surface area contributed by atoms with E-state index in [1.807, 2.05) is 18.2 Å². The molecular weight excluding hydrogens is 258 g/mol. The standard InChI is InChI=1S/C14H19N3OS/c15-10-5-6-12-13(9-10)17-14(16-12)7-8-19(18)11-3-1-2-4-11/h5-6,9,11H,1-4,7-8,15H2,(H,16,17). The average Bonchev–Trinajstić information content (AvgIpc) is 3.04. The Morgan fingerprint density at radius 3 is 2.95 bits per heavy atom. The van der Waals surface area contributed by atoms with Crippen molar-refractivity contribution in [3.8, 4) is 0 Å². The second-order valence-electron chi connectivity index (χ2n) is 5.20. The summed E-state index contributed by atoms with van der Waals surface area (Å²) in [6.45, 7) is 0. The Labute approximate surface area is 115 Å². The van der Waals surface area contributed by atoms with Crippen molar-refractivity contribution < 1.29 is 4.21 Å². The number of hydrogen-bond donors (Lipinski definition) is 2. The number of benzene rings is 1. The summed E-state index contributed by atoms with van der Waals surface area (Å²) in [4.78, 5) is 7.76.